The fourth-order valence-corrected chi connectivity index (χ4v) is 6.10. The molecule has 1 aromatic heterocycles. The Morgan fingerprint density at radius 1 is 1.13 bits per heavy atom. The molecule has 0 spiro atoms. The summed E-state index contributed by atoms with van der Waals surface area (Å²) in [7, 11) is 4.66. The largest absolute Gasteiger partial charge is 0.493 e. The highest BCUT2D eigenvalue weighted by Crippen LogP contribution is 2.36. The lowest BCUT2D eigenvalue weighted by Gasteiger charge is -2.25. The maximum atomic E-state index is 13.9. The number of fused-ring (bicyclic) bond motifs is 1. The number of rotatable bonds is 9. The minimum atomic E-state index is -0.684. The van der Waals surface area contributed by atoms with Crippen molar-refractivity contribution in [2.45, 2.75) is 32.7 Å². The minimum Gasteiger partial charge on any atom is -0.493 e. The van der Waals surface area contributed by atoms with Crippen LogP contribution in [0.1, 0.15) is 49.4 Å². The molecule has 1 aliphatic rings. The van der Waals surface area contributed by atoms with Gasteiger partial charge >= 0.3 is 5.97 Å². The second-order valence-corrected chi connectivity index (χ2v) is 11.1. The summed E-state index contributed by atoms with van der Waals surface area (Å²) in [6, 6.07) is 10.9. The van der Waals surface area contributed by atoms with E-state index < -0.39 is 12.0 Å². The van der Waals surface area contributed by atoms with Gasteiger partial charge in [0.25, 0.3) is 5.56 Å². The summed E-state index contributed by atoms with van der Waals surface area (Å²) in [5.74, 6) is 0.918. The van der Waals surface area contributed by atoms with Crippen molar-refractivity contribution in [3.8, 4) is 11.5 Å². The number of methoxy groups -OCH3 is 3. The maximum absolute atomic E-state index is 13.9. The summed E-state index contributed by atoms with van der Waals surface area (Å²) in [6.07, 6.45) is 1.78. The standard InChI is InChI=1S/C29H31BrN2O6S/c1-16(2)19-7-9-20(10-8-19)25-24(28(34)38-12-11-35-4)17(3)31-29-32(25)27(33)23(39-29)15-18-13-21(30)26(37-6)22(14-18)36-5/h7-10,13-16,25H,11-12H2,1-6H3. The molecule has 4 rings (SSSR count). The molecule has 1 unspecified atom stereocenters. The van der Waals surface area contributed by atoms with Crippen LogP contribution in [0.5, 0.6) is 11.5 Å². The van der Waals surface area contributed by atoms with Crippen LogP contribution in [0.3, 0.4) is 0 Å². The molecule has 1 aliphatic heterocycles. The van der Waals surface area contributed by atoms with Crippen molar-refractivity contribution in [2.24, 2.45) is 4.99 Å². The lowest BCUT2D eigenvalue weighted by atomic mass is 9.93. The second-order valence-electron chi connectivity index (χ2n) is 9.27. The third-order valence-corrected chi connectivity index (χ3v) is 8.01. The minimum absolute atomic E-state index is 0.101. The van der Waals surface area contributed by atoms with Crippen LogP contribution in [0.15, 0.2) is 61.9 Å². The van der Waals surface area contributed by atoms with Gasteiger partial charge in [0, 0.05) is 7.11 Å². The zero-order valence-corrected chi connectivity index (χ0v) is 25.1. The third kappa shape index (κ3) is 5.88. The molecule has 3 aromatic rings. The molecule has 1 atom stereocenters. The molecule has 2 heterocycles. The van der Waals surface area contributed by atoms with E-state index in [9.17, 15) is 9.59 Å². The first kappa shape index (κ1) is 28.8. The molecule has 206 valence electrons. The van der Waals surface area contributed by atoms with Crippen LogP contribution in [0.4, 0.5) is 0 Å². The second kappa shape index (κ2) is 12.3. The number of hydrogen-bond donors (Lipinski definition) is 0. The first-order chi connectivity index (χ1) is 18.7. The molecule has 0 N–H and O–H groups in total. The fraction of sp³-hybridized carbons (Fsp3) is 0.345. The van der Waals surface area contributed by atoms with Gasteiger partial charge in [-0.15, -0.1) is 0 Å². The Kier molecular flexibility index (Phi) is 9.09. The number of ether oxygens (including phenoxy) is 4. The monoisotopic (exact) mass is 614 g/mol. The maximum Gasteiger partial charge on any atom is 0.338 e. The lowest BCUT2D eigenvalue weighted by molar-refractivity contribution is -0.140. The van der Waals surface area contributed by atoms with Gasteiger partial charge < -0.3 is 18.9 Å². The normalized spacial score (nSPS) is 15.3. The van der Waals surface area contributed by atoms with E-state index in [4.69, 9.17) is 18.9 Å². The molecule has 8 nitrogen and oxygen atoms in total. The Hall–Kier alpha value is -3.21. The molecule has 0 saturated heterocycles. The number of carbonyl (C=O) groups is 1. The molecule has 2 aromatic carbocycles. The Bertz CT molecular complexity index is 1590. The molecule has 0 radical (unpaired) electrons. The van der Waals surface area contributed by atoms with Crippen molar-refractivity contribution in [2.75, 3.05) is 34.5 Å². The van der Waals surface area contributed by atoms with Crippen molar-refractivity contribution < 1.29 is 23.7 Å². The molecule has 0 saturated carbocycles. The van der Waals surface area contributed by atoms with Gasteiger partial charge in [0.15, 0.2) is 16.3 Å². The van der Waals surface area contributed by atoms with Gasteiger partial charge in [-0.2, -0.15) is 0 Å². The molecule has 10 heteroatoms. The number of halogens is 1. The van der Waals surface area contributed by atoms with Crippen LogP contribution in [0, 0.1) is 0 Å². The summed E-state index contributed by atoms with van der Waals surface area (Å²) in [5, 5.41) is 0. The number of carbonyl (C=O) groups excluding carboxylic acids is 1. The van der Waals surface area contributed by atoms with E-state index in [-0.39, 0.29) is 18.8 Å². The van der Waals surface area contributed by atoms with Crippen molar-refractivity contribution in [3.05, 3.63) is 88.5 Å². The number of nitrogens with zero attached hydrogens (tertiary/aromatic N) is 2. The van der Waals surface area contributed by atoms with E-state index in [1.54, 1.807) is 45.0 Å². The fourth-order valence-electron chi connectivity index (χ4n) is 4.43. The topological polar surface area (TPSA) is 88.4 Å². The number of benzene rings is 2. The highest BCUT2D eigenvalue weighted by Gasteiger charge is 2.33. The highest BCUT2D eigenvalue weighted by molar-refractivity contribution is 9.10. The van der Waals surface area contributed by atoms with Crippen molar-refractivity contribution >= 4 is 39.3 Å². The Morgan fingerprint density at radius 2 is 1.85 bits per heavy atom. The van der Waals surface area contributed by atoms with Gasteiger partial charge in [-0.1, -0.05) is 49.4 Å². The first-order valence-electron chi connectivity index (χ1n) is 12.4. The quantitative estimate of drug-likeness (QED) is 0.263. The van der Waals surface area contributed by atoms with Crippen molar-refractivity contribution in [1.82, 2.24) is 4.57 Å². The number of aromatic nitrogens is 1. The van der Waals surface area contributed by atoms with Gasteiger partial charge in [0.1, 0.15) is 6.61 Å². The van der Waals surface area contributed by atoms with E-state index in [1.165, 1.54) is 11.3 Å². The van der Waals surface area contributed by atoms with Gasteiger partial charge in [-0.25, -0.2) is 9.79 Å². The molecule has 0 bridgehead atoms. The highest BCUT2D eigenvalue weighted by atomic mass is 79.9. The zero-order chi connectivity index (χ0) is 28.3. The Balaban J connectivity index is 1.89. The van der Waals surface area contributed by atoms with Crippen LogP contribution in [0.2, 0.25) is 0 Å². The first-order valence-corrected chi connectivity index (χ1v) is 14.0. The van der Waals surface area contributed by atoms with E-state index in [1.807, 2.05) is 30.3 Å². The average Bonchev–Trinajstić information content (AvgIpc) is 3.21. The van der Waals surface area contributed by atoms with Gasteiger partial charge in [0.05, 0.1) is 47.1 Å². The smallest absolute Gasteiger partial charge is 0.338 e. The third-order valence-electron chi connectivity index (χ3n) is 6.43. The predicted octanol–water partition coefficient (Wildman–Crippen LogP) is 4.33. The summed E-state index contributed by atoms with van der Waals surface area (Å²) in [6.45, 7) is 6.38. The van der Waals surface area contributed by atoms with Crippen LogP contribution >= 0.6 is 27.3 Å². The zero-order valence-electron chi connectivity index (χ0n) is 22.7. The van der Waals surface area contributed by atoms with Gasteiger partial charge in [-0.05, 0) is 63.7 Å². The van der Waals surface area contributed by atoms with Crippen LogP contribution in [-0.2, 0) is 14.3 Å². The SMILES string of the molecule is COCCOC(=O)C1=C(C)N=c2sc(=Cc3cc(Br)c(OC)c(OC)c3)c(=O)n2C1c1ccc(C(C)C)cc1. The molecule has 0 fully saturated rings. The summed E-state index contributed by atoms with van der Waals surface area (Å²) in [5.41, 5.74) is 3.30. The van der Waals surface area contributed by atoms with E-state index in [0.717, 1.165) is 16.7 Å². The van der Waals surface area contributed by atoms with E-state index in [0.29, 0.717) is 42.5 Å². The summed E-state index contributed by atoms with van der Waals surface area (Å²) >= 11 is 4.78. The summed E-state index contributed by atoms with van der Waals surface area (Å²) in [4.78, 5) is 32.3. The molecule has 0 amide bonds. The van der Waals surface area contributed by atoms with E-state index >= 15 is 0 Å². The number of esters is 1. The molecular formula is C29H31BrN2O6S. The molecular weight excluding hydrogens is 584 g/mol. The predicted molar refractivity (Wildman–Crippen MR) is 154 cm³/mol. The lowest BCUT2D eigenvalue weighted by Crippen LogP contribution is -2.40. The van der Waals surface area contributed by atoms with E-state index in [2.05, 4.69) is 34.8 Å². The number of allylic oxidation sites excluding steroid dienone is 1. The molecule has 0 aliphatic carbocycles. The van der Waals surface area contributed by atoms with Crippen LogP contribution in [0.25, 0.3) is 6.08 Å². The van der Waals surface area contributed by atoms with Crippen LogP contribution < -0.4 is 24.4 Å². The number of thiazole rings is 1. The van der Waals surface area contributed by atoms with Crippen molar-refractivity contribution in [3.63, 3.8) is 0 Å². The average molecular weight is 616 g/mol. The van der Waals surface area contributed by atoms with Crippen LogP contribution in [-0.4, -0.2) is 45.1 Å². The van der Waals surface area contributed by atoms with Gasteiger partial charge in [-0.3, -0.25) is 9.36 Å². The Morgan fingerprint density at radius 3 is 2.46 bits per heavy atom. The number of hydrogen-bond acceptors (Lipinski definition) is 8. The van der Waals surface area contributed by atoms with Crippen molar-refractivity contribution in [1.29, 1.82) is 0 Å². The molecule has 39 heavy (non-hydrogen) atoms. The Labute approximate surface area is 239 Å². The van der Waals surface area contributed by atoms with Gasteiger partial charge in [0.2, 0.25) is 0 Å². The summed E-state index contributed by atoms with van der Waals surface area (Å²) < 4.78 is 24.1.